The topological polar surface area (TPSA) is 78.7 Å². The van der Waals surface area contributed by atoms with Gasteiger partial charge in [-0.25, -0.2) is 9.48 Å². The zero-order chi connectivity index (χ0) is 13.2. The normalized spacial score (nSPS) is 16.9. The summed E-state index contributed by atoms with van der Waals surface area (Å²) >= 11 is 0. The lowest BCUT2D eigenvalue weighted by atomic mass is 9.89. The fraction of sp³-hybridized carbons (Fsp3) is 0.667. The van der Waals surface area contributed by atoms with Gasteiger partial charge in [0.05, 0.1) is 0 Å². The number of hydrogen-bond acceptors (Lipinski definition) is 5. The van der Waals surface area contributed by atoms with Gasteiger partial charge in [0.1, 0.15) is 12.9 Å². The van der Waals surface area contributed by atoms with Crippen LogP contribution < -0.4 is 5.69 Å². The molecule has 3 rings (SSSR count). The predicted molar refractivity (Wildman–Crippen MR) is 66.7 cm³/mol. The highest BCUT2D eigenvalue weighted by atomic mass is 16.5. The van der Waals surface area contributed by atoms with E-state index in [1.807, 2.05) is 0 Å². The van der Waals surface area contributed by atoms with E-state index in [-0.39, 0.29) is 12.2 Å². The zero-order valence-electron chi connectivity index (χ0n) is 10.9. The van der Waals surface area contributed by atoms with Gasteiger partial charge >= 0.3 is 5.69 Å². The minimum absolute atomic E-state index is 0.177. The molecular weight excluding hydrogens is 246 g/mol. The first-order valence-corrected chi connectivity index (χ1v) is 6.65. The van der Waals surface area contributed by atoms with Crippen LogP contribution in [0.1, 0.15) is 49.7 Å². The van der Waals surface area contributed by atoms with Crippen LogP contribution in [0.4, 0.5) is 0 Å². The van der Waals surface area contributed by atoms with Gasteiger partial charge in [-0.05, 0) is 12.8 Å². The molecule has 7 nitrogen and oxygen atoms in total. The smallest absolute Gasteiger partial charge is 0.339 e. The molecule has 2 aromatic rings. The predicted octanol–water partition coefficient (Wildman–Crippen LogP) is 1.06. The Morgan fingerprint density at radius 1 is 1.37 bits per heavy atom. The molecule has 0 aromatic carbocycles. The van der Waals surface area contributed by atoms with Gasteiger partial charge in [-0.2, -0.15) is 10.1 Å². The Hall–Kier alpha value is -1.92. The molecule has 102 valence electrons. The second-order valence-electron chi connectivity index (χ2n) is 5.07. The van der Waals surface area contributed by atoms with Gasteiger partial charge in [-0.3, -0.25) is 4.57 Å². The third-order valence-corrected chi connectivity index (χ3v) is 3.62. The molecule has 19 heavy (non-hydrogen) atoms. The van der Waals surface area contributed by atoms with Gasteiger partial charge in [0.2, 0.25) is 5.89 Å². The van der Waals surface area contributed by atoms with Gasteiger partial charge in [-0.15, -0.1) is 0 Å². The molecule has 0 unspecified atom stereocenters. The average Bonchev–Trinajstić information content (AvgIpc) is 3.02. The summed E-state index contributed by atoms with van der Waals surface area (Å²) in [7, 11) is 1.66. The summed E-state index contributed by atoms with van der Waals surface area (Å²) in [5, 5.41) is 7.92. The summed E-state index contributed by atoms with van der Waals surface area (Å²) in [6.45, 7) is 0.260. The van der Waals surface area contributed by atoms with Gasteiger partial charge in [-0.1, -0.05) is 24.4 Å². The molecule has 1 aliphatic carbocycles. The third kappa shape index (κ3) is 2.45. The maximum atomic E-state index is 11.7. The van der Waals surface area contributed by atoms with Crippen molar-refractivity contribution in [2.24, 2.45) is 7.05 Å². The van der Waals surface area contributed by atoms with Crippen LogP contribution in [-0.2, 0) is 13.6 Å². The number of aryl methyl sites for hydroxylation is 1. The van der Waals surface area contributed by atoms with Crippen LogP contribution in [0, 0.1) is 0 Å². The largest absolute Gasteiger partial charge is 0.345 e. The van der Waals surface area contributed by atoms with E-state index in [1.54, 1.807) is 7.05 Å². The van der Waals surface area contributed by atoms with Gasteiger partial charge < -0.3 is 4.52 Å². The molecule has 0 amide bonds. The van der Waals surface area contributed by atoms with Crippen molar-refractivity contribution in [3.63, 3.8) is 0 Å². The van der Waals surface area contributed by atoms with Crippen LogP contribution in [0.5, 0.6) is 0 Å². The molecule has 0 bridgehead atoms. The Balaban J connectivity index is 1.74. The summed E-state index contributed by atoms with van der Waals surface area (Å²) < 4.78 is 8.06. The molecule has 0 spiro atoms. The molecule has 0 aliphatic heterocycles. The number of nitrogens with zero attached hydrogens (tertiary/aromatic N) is 5. The molecule has 0 N–H and O–H groups in total. The van der Waals surface area contributed by atoms with Crippen molar-refractivity contribution < 1.29 is 4.52 Å². The molecule has 0 atom stereocenters. The van der Waals surface area contributed by atoms with Gasteiger partial charge in [0, 0.05) is 13.0 Å². The third-order valence-electron chi connectivity index (χ3n) is 3.62. The maximum absolute atomic E-state index is 11.7. The summed E-state index contributed by atoms with van der Waals surface area (Å²) in [6.07, 6.45) is 7.45. The fourth-order valence-electron chi connectivity index (χ4n) is 2.51. The maximum Gasteiger partial charge on any atom is 0.345 e. The lowest BCUT2D eigenvalue weighted by Crippen LogP contribution is -2.23. The minimum Gasteiger partial charge on any atom is -0.339 e. The highest BCUT2D eigenvalue weighted by Crippen LogP contribution is 2.31. The molecular formula is C12H17N5O2. The highest BCUT2D eigenvalue weighted by molar-refractivity contribution is 4.95. The van der Waals surface area contributed by atoms with Crippen LogP contribution >= 0.6 is 0 Å². The average molecular weight is 263 g/mol. The molecule has 2 heterocycles. The Morgan fingerprint density at radius 2 is 2.16 bits per heavy atom. The van der Waals surface area contributed by atoms with Crippen LogP contribution in [-0.4, -0.2) is 24.5 Å². The van der Waals surface area contributed by atoms with E-state index in [0.717, 1.165) is 12.8 Å². The van der Waals surface area contributed by atoms with Crippen molar-refractivity contribution in [1.29, 1.82) is 0 Å². The molecule has 0 radical (unpaired) electrons. The number of aromatic nitrogens is 5. The van der Waals surface area contributed by atoms with Crippen LogP contribution in [0.3, 0.4) is 0 Å². The van der Waals surface area contributed by atoms with Gasteiger partial charge in [0.15, 0.2) is 5.82 Å². The van der Waals surface area contributed by atoms with Crippen molar-refractivity contribution in [2.75, 3.05) is 0 Å². The minimum atomic E-state index is -0.177. The lowest BCUT2D eigenvalue weighted by molar-refractivity contribution is 0.311. The Kier molecular flexibility index (Phi) is 3.18. The van der Waals surface area contributed by atoms with Crippen molar-refractivity contribution in [2.45, 2.75) is 44.6 Å². The van der Waals surface area contributed by atoms with Crippen molar-refractivity contribution in [3.8, 4) is 0 Å². The van der Waals surface area contributed by atoms with Crippen molar-refractivity contribution >= 4 is 0 Å². The quantitative estimate of drug-likeness (QED) is 0.827. The second kappa shape index (κ2) is 4.99. The standard InChI is InChI=1S/C12H17N5O2/c1-16-8-13-17(12(16)18)7-10-14-11(19-15-10)9-5-3-2-4-6-9/h8-9H,2-7H2,1H3. The summed E-state index contributed by atoms with van der Waals surface area (Å²) in [6, 6.07) is 0. The lowest BCUT2D eigenvalue weighted by Gasteiger charge is -2.17. The van der Waals surface area contributed by atoms with E-state index < -0.39 is 0 Å². The molecule has 7 heteroatoms. The van der Waals surface area contributed by atoms with Crippen LogP contribution in [0.25, 0.3) is 0 Å². The SMILES string of the molecule is Cn1cnn(Cc2noc(C3CCCCC3)n2)c1=O. The van der Waals surface area contributed by atoms with E-state index in [1.165, 1.54) is 34.8 Å². The molecule has 2 aromatic heterocycles. The van der Waals surface area contributed by atoms with Crippen LogP contribution in [0.15, 0.2) is 15.6 Å². The fourth-order valence-corrected chi connectivity index (χ4v) is 2.51. The van der Waals surface area contributed by atoms with Crippen molar-refractivity contribution in [1.82, 2.24) is 24.5 Å². The number of rotatable bonds is 3. The first-order valence-electron chi connectivity index (χ1n) is 6.65. The van der Waals surface area contributed by atoms with E-state index in [4.69, 9.17) is 4.52 Å². The van der Waals surface area contributed by atoms with E-state index in [9.17, 15) is 4.79 Å². The van der Waals surface area contributed by atoms with Crippen LogP contribution in [0.2, 0.25) is 0 Å². The number of hydrogen-bond donors (Lipinski definition) is 0. The zero-order valence-corrected chi connectivity index (χ0v) is 10.9. The summed E-state index contributed by atoms with van der Waals surface area (Å²) in [5.41, 5.74) is -0.177. The Morgan fingerprint density at radius 3 is 2.84 bits per heavy atom. The molecule has 1 aliphatic rings. The molecule has 1 fully saturated rings. The van der Waals surface area contributed by atoms with E-state index in [0.29, 0.717) is 17.6 Å². The van der Waals surface area contributed by atoms with Gasteiger partial charge in [0.25, 0.3) is 0 Å². The monoisotopic (exact) mass is 263 g/mol. The Bertz CT molecular complexity index is 606. The summed E-state index contributed by atoms with van der Waals surface area (Å²) in [5.74, 6) is 1.61. The van der Waals surface area contributed by atoms with E-state index in [2.05, 4.69) is 15.2 Å². The first-order chi connectivity index (χ1) is 9.24. The molecule has 1 saturated carbocycles. The van der Waals surface area contributed by atoms with E-state index >= 15 is 0 Å². The first kappa shape index (κ1) is 12.1. The molecule has 0 saturated heterocycles. The summed E-state index contributed by atoms with van der Waals surface area (Å²) in [4.78, 5) is 16.1. The second-order valence-corrected chi connectivity index (χ2v) is 5.07. The Labute approximate surface area is 110 Å². The van der Waals surface area contributed by atoms with Crippen molar-refractivity contribution in [3.05, 3.63) is 28.5 Å². The highest BCUT2D eigenvalue weighted by Gasteiger charge is 2.21.